The van der Waals surface area contributed by atoms with Gasteiger partial charge in [-0.3, -0.25) is 20.2 Å². The number of halogens is 1. The monoisotopic (exact) mass is 416 g/mol. The topological polar surface area (TPSA) is 93.7 Å². The Labute approximate surface area is 170 Å². The van der Waals surface area contributed by atoms with Crippen LogP contribution in [0.5, 0.6) is 11.5 Å². The van der Waals surface area contributed by atoms with E-state index in [0.717, 1.165) is 0 Å². The average Bonchev–Trinajstić information content (AvgIpc) is 2.65. The van der Waals surface area contributed by atoms with Crippen molar-refractivity contribution in [2.45, 2.75) is 0 Å². The molecular weight excluding hydrogens is 404 g/mol. The van der Waals surface area contributed by atoms with Crippen molar-refractivity contribution >= 4 is 52.8 Å². The number of carbonyl (C=O) groups excluding carboxylic acids is 3. The smallest absolute Gasteiger partial charge is 0.343 e. The Morgan fingerprint density at radius 2 is 1.79 bits per heavy atom. The quantitative estimate of drug-likeness (QED) is 0.261. The van der Waals surface area contributed by atoms with Gasteiger partial charge in [0.1, 0.15) is 5.57 Å². The summed E-state index contributed by atoms with van der Waals surface area (Å²) in [6.07, 6.45) is 1.35. The molecule has 0 atom stereocenters. The Bertz CT molecular complexity index is 1010. The molecule has 0 saturated carbocycles. The van der Waals surface area contributed by atoms with Crippen molar-refractivity contribution in [2.24, 2.45) is 0 Å². The van der Waals surface area contributed by atoms with Gasteiger partial charge >= 0.3 is 5.97 Å². The highest BCUT2D eigenvalue weighted by atomic mass is 35.5. The van der Waals surface area contributed by atoms with Gasteiger partial charge in [0.05, 0.1) is 12.7 Å². The zero-order valence-corrected chi connectivity index (χ0v) is 16.0. The van der Waals surface area contributed by atoms with Gasteiger partial charge in [-0.25, -0.2) is 4.79 Å². The molecule has 0 aliphatic carbocycles. The molecular formula is C19H13ClN2O5S. The van der Waals surface area contributed by atoms with Crippen LogP contribution in [0.1, 0.15) is 15.9 Å². The zero-order valence-electron chi connectivity index (χ0n) is 14.4. The Morgan fingerprint density at radius 3 is 2.43 bits per heavy atom. The van der Waals surface area contributed by atoms with E-state index in [2.05, 4.69) is 10.6 Å². The highest BCUT2D eigenvalue weighted by Gasteiger charge is 2.25. The molecule has 1 saturated heterocycles. The zero-order chi connectivity index (χ0) is 20.3. The molecule has 142 valence electrons. The molecule has 2 aromatic carbocycles. The molecule has 2 aromatic rings. The maximum Gasteiger partial charge on any atom is 0.343 e. The number of hydrogen-bond donors (Lipinski definition) is 2. The van der Waals surface area contributed by atoms with E-state index in [1.807, 2.05) is 0 Å². The van der Waals surface area contributed by atoms with Crippen LogP contribution < -0.4 is 20.1 Å². The second kappa shape index (κ2) is 8.20. The SMILES string of the molecule is COc1ccc(C=C2C(=O)NC(=S)NC2=O)cc1OC(=O)c1cccc(Cl)c1. The lowest BCUT2D eigenvalue weighted by atomic mass is 10.1. The molecule has 1 aliphatic heterocycles. The number of ether oxygens (including phenoxy) is 2. The number of benzene rings is 2. The number of hydrogen-bond acceptors (Lipinski definition) is 6. The largest absolute Gasteiger partial charge is 0.493 e. The first-order chi connectivity index (χ1) is 13.4. The third kappa shape index (κ3) is 4.36. The van der Waals surface area contributed by atoms with E-state index in [1.54, 1.807) is 30.3 Å². The third-order valence-electron chi connectivity index (χ3n) is 3.71. The van der Waals surface area contributed by atoms with Gasteiger partial charge in [-0.15, -0.1) is 0 Å². The molecule has 0 bridgehead atoms. The van der Waals surface area contributed by atoms with Gasteiger partial charge in [-0.05, 0) is 54.2 Å². The number of rotatable bonds is 4. The van der Waals surface area contributed by atoms with Crippen molar-refractivity contribution in [3.63, 3.8) is 0 Å². The van der Waals surface area contributed by atoms with E-state index in [-0.39, 0.29) is 22.0 Å². The summed E-state index contributed by atoms with van der Waals surface area (Å²) >= 11 is 10.7. The first-order valence-corrected chi connectivity index (χ1v) is 8.70. The first kappa shape index (κ1) is 19.5. The van der Waals surface area contributed by atoms with E-state index < -0.39 is 17.8 Å². The molecule has 0 unspecified atom stereocenters. The Kier molecular flexibility index (Phi) is 5.72. The molecule has 7 nitrogen and oxygen atoms in total. The molecule has 0 radical (unpaired) electrons. The molecule has 3 rings (SSSR count). The van der Waals surface area contributed by atoms with Crippen LogP contribution in [0.25, 0.3) is 6.08 Å². The lowest BCUT2D eigenvalue weighted by Crippen LogP contribution is -2.51. The predicted octanol–water partition coefficient (Wildman–Crippen LogP) is 2.48. The molecule has 2 amide bonds. The Morgan fingerprint density at radius 1 is 1.07 bits per heavy atom. The number of amides is 2. The van der Waals surface area contributed by atoms with Crippen LogP contribution in [-0.4, -0.2) is 30.0 Å². The summed E-state index contributed by atoms with van der Waals surface area (Å²) in [4.78, 5) is 36.3. The molecule has 0 aromatic heterocycles. The van der Waals surface area contributed by atoms with Gasteiger partial charge in [-0.1, -0.05) is 23.7 Å². The highest BCUT2D eigenvalue weighted by Crippen LogP contribution is 2.30. The predicted molar refractivity (Wildman–Crippen MR) is 106 cm³/mol. The van der Waals surface area contributed by atoms with Crippen LogP contribution in [0.4, 0.5) is 0 Å². The number of methoxy groups -OCH3 is 1. The standard InChI is InChI=1S/C19H13ClN2O5S/c1-26-14-6-5-10(7-13-16(23)21-19(28)22-17(13)24)8-15(14)27-18(25)11-3-2-4-12(20)9-11/h2-9H,1H3,(H2,21,22,23,24,28). The van der Waals surface area contributed by atoms with Gasteiger partial charge in [0.2, 0.25) is 0 Å². The minimum atomic E-state index is -0.635. The lowest BCUT2D eigenvalue weighted by Gasteiger charge is -2.16. The van der Waals surface area contributed by atoms with Crippen LogP contribution in [0.2, 0.25) is 5.02 Å². The van der Waals surface area contributed by atoms with Gasteiger partial charge in [-0.2, -0.15) is 0 Å². The summed E-state index contributed by atoms with van der Waals surface area (Å²) in [7, 11) is 1.42. The van der Waals surface area contributed by atoms with Crippen molar-refractivity contribution < 1.29 is 23.9 Å². The van der Waals surface area contributed by atoms with Gasteiger partial charge < -0.3 is 9.47 Å². The minimum Gasteiger partial charge on any atom is -0.493 e. The molecule has 28 heavy (non-hydrogen) atoms. The summed E-state index contributed by atoms with van der Waals surface area (Å²) in [6.45, 7) is 0. The van der Waals surface area contributed by atoms with E-state index in [0.29, 0.717) is 16.3 Å². The van der Waals surface area contributed by atoms with Gasteiger partial charge in [0.15, 0.2) is 16.6 Å². The number of nitrogens with one attached hydrogen (secondary N) is 2. The lowest BCUT2D eigenvalue weighted by molar-refractivity contribution is -0.123. The van der Waals surface area contributed by atoms with Crippen LogP contribution in [-0.2, 0) is 9.59 Å². The summed E-state index contributed by atoms with van der Waals surface area (Å²) in [5.41, 5.74) is 0.576. The molecule has 1 aliphatic rings. The summed E-state index contributed by atoms with van der Waals surface area (Å²) in [6, 6.07) is 10.9. The Balaban J connectivity index is 1.91. The van der Waals surface area contributed by atoms with E-state index in [4.69, 9.17) is 33.3 Å². The molecule has 2 N–H and O–H groups in total. The normalized spacial score (nSPS) is 13.5. The summed E-state index contributed by atoms with van der Waals surface area (Å²) in [5, 5.41) is 5.03. The van der Waals surface area contributed by atoms with Gasteiger partial charge in [0.25, 0.3) is 11.8 Å². The van der Waals surface area contributed by atoms with Crippen molar-refractivity contribution in [1.29, 1.82) is 0 Å². The minimum absolute atomic E-state index is 0.0574. The van der Waals surface area contributed by atoms with Crippen molar-refractivity contribution in [2.75, 3.05) is 7.11 Å². The molecule has 1 fully saturated rings. The fourth-order valence-electron chi connectivity index (χ4n) is 2.41. The average molecular weight is 417 g/mol. The van der Waals surface area contributed by atoms with Crippen LogP contribution in [0, 0.1) is 0 Å². The molecule has 9 heteroatoms. The van der Waals surface area contributed by atoms with Crippen LogP contribution >= 0.6 is 23.8 Å². The maximum absolute atomic E-state index is 12.4. The van der Waals surface area contributed by atoms with Crippen LogP contribution in [0.3, 0.4) is 0 Å². The van der Waals surface area contributed by atoms with Crippen molar-refractivity contribution in [1.82, 2.24) is 10.6 Å². The fraction of sp³-hybridized carbons (Fsp3) is 0.0526. The second-order valence-corrected chi connectivity index (χ2v) is 6.45. The number of thiocarbonyl (C=S) groups is 1. The summed E-state index contributed by atoms with van der Waals surface area (Å²) < 4.78 is 10.6. The number of esters is 1. The molecule has 1 heterocycles. The second-order valence-electron chi connectivity index (χ2n) is 5.61. The van der Waals surface area contributed by atoms with Crippen molar-refractivity contribution in [3.05, 3.63) is 64.2 Å². The van der Waals surface area contributed by atoms with E-state index >= 15 is 0 Å². The van der Waals surface area contributed by atoms with Crippen molar-refractivity contribution in [3.8, 4) is 11.5 Å². The van der Waals surface area contributed by atoms with Crippen LogP contribution in [0.15, 0.2) is 48.0 Å². The summed E-state index contributed by atoms with van der Waals surface area (Å²) in [5.74, 6) is -1.46. The van der Waals surface area contributed by atoms with Gasteiger partial charge in [0, 0.05) is 5.02 Å². The Hall–Kier alpha value is -3.23. The maximum atomic E-state index is 12.4. The third-order valence-corrected chi connectivity index (χ3v) is 4.14. The number of carbonyl (C=O) groups is 3. The first-order valence-electron chi connectivity index (χ1n) is 7.91. The fourth-order valence-corrected chi connectivity index (χ4v) is 2.79. The van der Waals surface area contributed by atoms with E-state index in [9.17, 15) is 14.4 Å². The molecule has 0 spiro atoms. The highest BCUT2D eigenvalue weighted by molar-refractivity contribution is 7.80. The van der Waals surface area contributed by atoms with E-state index in [1.165, 1.54) is 25.3 Å².